The number of nitrogens with zero attached hydrogens (tertiary/aromatic N) is 1. The lowest BCUT2D eigenvalue weighted by atomic mass is 10.2. The first kappa shape index (κ1) is 18.8. The van der Waals surface area contributed by atoms with Gasteiger partial charge in [0.15, 0.2) is 0 Å². The van der Waals surface area contributed by atoms with Gasteiger partial charge in [0, 0.05) is 37.3 Å². The van der Waals surface area contributed by atoms with E-state index >= 15 is 0 Å². The molecule has 0 saturated heterocycles. The van der Waals surface area contributed by atoms with Crippen LogP contribution in [0.3, 0.4) is 0 Å². The highest BCUT2D eigenvalue weighted by Crippen LogP contribution is 2.32. The van der Waals surface area contributed by atoms with Gasteiger partial charge in [-0.3, -0.25) is 9.59 Å². The molecule has 0 aliphatic rings. The van der Waals surface area contributed by atoms with E-state index in [-0.39, 0.29) is 11.8 Å². The predicted octanol–water partition coefficient (Wildman–Crippen LogP) is 4.33. The van der Waals surface area contributed by atoms with Crippen LogP contribution in [0.4, 0.5) is 5.69 Å². The Morgan fingerprint density at radius 3 is 2.44 bits per heavy atom. The minimum atomic E-state index is -0.0800. The third kappa shape index (κ3) is 5.49. The lowest BCUT2D eigenvalue weighted by molar-refractivity contribution is -0.119. The summed E-state index contributed by atoms with van der Waals surface area (Å²) in [5, 5.41) is 6.50. The van der Waals surface area contributed by atoms with Gasteiger partial charge in [0.05, 0.1) is 4.88 Å². The molecule has 0 unspecified atom stereocenters. The maximum atomic E-state index is 11.9. The number of rotatable bonds is 7. The maximum absolute atomic E-state index is 11.9. The van der Waals surface area contributed by atoms with Crippen molar-refractivity contribution in [2.45, 2.75) is 19.8 Å². The fourth-order valence-corrected chi connectivity index (χ4v) is 3.50. The van der Waals surface area contributed by atoms with Crippen LogP contribution in [-0.4, -0.2) is 23.3 Å². The van der Waals surface area contributed by atoms with Crippen molar-refractivity contribution in [1.29, 1.82) is 0 Å². The van der Waals surface area contributed by atoms with Crippen LogP contribution in [0.1, 0.15) is 19.8 Å². The van der Waals surface area contributed by atoms with Crippen molar-refractivity contribution in [2.75, 3.05) is 11.9 Å². The highest BCUT2D eigenvalue weighted by molar-refractivity contribution is 7.18. The predicted molar refractivity (Wildman–Crippen MR) is 110 cm³/mol. The molecular formula is C21H21N3O2S. The second-order valence-corrected chi connectivity index (χ2v) is 7.14. The number of amides is 2. The zero-order chi connectivity index (χ0) is 19.1. The minimum absolute atomic E-state index is 0.0614. The van der Waals surface area contributed by atoms with Crippen molar-refractivity contribution in [3.63, 3.8) is 0 Å². The topological polar surface area (TPSA) is 71.1 Å². The molecular weight excluding hydrogens is 358 g/mol. The molecule has 0 atom stereocenters. The number of hydrogen-bond donors (Lipinski definition) is 2. The van der Waals surface area contributed by atoms with Crippen LogP contribution in [0.2, 0.25) is 0 Å². The summed E-state index contributed by atoms with van der Waals surface area (Å²) in [5.74, 6) is -0.141. The Bertz CT molecular complexity index is 905. The van der Waals surface area contributed by atoms with E-state index in [0.717, 1.165) is 26.7 Å². The summed E-state index contributed by atoms with van der Waals surface area (Å²) < 4.78 is 0. The Morgan fingerprint density at radius 1 is 1.00 bits per heavy atom. The quantitative estimate of drug-likeness (QED) is 0.600. The van der Waals surface area contributed by atoms with Crippen LogP contribution in [0, 0.1) is 0 Å². The van der Waals surface area contributed by atoms with E-state index in [0.29, 0.717) is 19.4 Å². The lowest BCUT2D eigenvalue weighted by Crippen LogP contribution is -2.22. The Labute approximate surface area is 162 Å². The van der Waals surface area contributed by atoms with Gasteiger partial charge < -0.3 is 10.6 Å². The Morgan fingerprint density at radius 2 is 1.74 bits per heavy atom. The summed E-state index contributed by atoms with van der Waals surface area (Å²) in [6, 6.07) is 17.9. The van der Waals surface area contributed by atoms with Crippen molar-refractivity contribution >= 4 is 28.8 Å². The largest absolute Gasteiger partial charge is 0.356 e. The number of nitrogens with one attached hydrogen (secondary N) is 2. The summed E-state index contributed by atoms with van der Waals surface area (Å²) in [4.78, 5) is 28.4. The Balaban J connectivity index is 1.57. The molecule has 6 heteroatoms. The molecule has 1 heterocycles. The van der Waals surface area contributed by atoms with Crippen molar-refractivity contribution in [3.8, 4) is 21.0 Å². The molecule has 0 aliphatic heterocycles. The van der Waals surface area contributed by atoms with Crippen molar-refractivity contribution in [1.82, 2.24) is 10.3 Å². The van der Waals surface area contributed by atoms with E-state index in [9.17, 15) is 9.59 Å². The van der Waals surface area contributed by atoms with E-state index in [2.05, 4.69) is 27.8 Å². The summed E-state index contributed by atoms with van der Waals surface area (Å²) >= 11 is 1.64. The molecule has 0 saturated carbocycles. The van der Waals surface area contributed by atoms with E-state index in [1.165, 1.54) is 6.92 Å². The standard InChI is InChI=1S/C21H21N3O2S/c1-15(25)22-13-5-8-20(26)24-18-11-9-17(10-12-18)21-23-14-19(27-21)16-6-3-2-4-7-16/h2-4,6-7,9-12,14H,5,8,13H2,1H3,(H,22,25)(H,24,26). The van der Waals surface area contributed by atoms with Gasteiger partial charge in [-0.05, 0) is 36.2 Å². The van der Waals surface area contributed by atoms with Crippen LogP contribution in [0.15, 0.2) is 60.8 Å². The van der Waals surface area contributed by atoms with Gasteiger partial charge in [0.1, 0.15) is 5.01 Å². The summed E-state index contributed by atoms with van der Waals surface area (Å²) in [7, 11) is 0. The third-order valence-corrected chi connectivity index (χ3v) is 5.03. The fraction of sp³-hybridized carbons (Fsp3) is 0.190. The molecule has 3 aromatic rings. The van der Waals surface area contributed by atoms with Gasteiger partial charge in [-0.15, -0.1) is 11.3 Å². The first-order valence-electron chi connectivity index (χ1n) is 8.78. The average molecular weight is 379 g/mol. The number of carbonyl (C=O) groups excluding carboxylic acids is 2. The van der Waals surface area contributed by atoms with E-state index in [1.54, 1.807) is 11.3 Å². The lowest BCUT2D eigenvalue weighted by Gasteiger charge is -2.06. The van der Waals surface area contributed by atoms with Crippen LogP contribution >= 0.6 is 11.3 Å². The normalized spacial score (nSPS) is 10.4. The van der Waals surface area contributed by atoms with Crippen LogP contribution < -0.4 is 10.6 Å². The van der Waals surface area contributed by atoms with Crippen molar-refractivity contribution < 1.29 is 9.59 Å². The number of carbonyl (C=O) groups is 2. The Hall–Kier alpha value is -2.99. The van der Waals surface area contributed by atoms with E-state index < -0.39 is 0 Å². The number of anilines is 1. The number of thiazole rings is 1. The van der Waals surface area contributed by atoms with E-state index in [4.69, 9.17) is 0 Å². The number of hydrogen-bond acceptors (Lipinski definition) is 4. The minimum Gasteiger partial charge on any atom is -0.356 e. The van der Waals surface area contributed by atoms with E-state index in [1.807, 2.05) is 48.7 Å². The molecule has 0 aliphatic carbocycles. The van der Waals surface area contributed by atoms with Crippen LogP contribution in [0.5, 0.6) is 0 Å². The summed E-state index contributed by atoms with van der Waals surface area (Å²) in [6.45, 7) is 1.97. The molecule has 2 aromatic carbocycles. The smallest absolute Gasteiger partial charge is 0.224 e. The molecule has 2 amide bonds. The van der Waals surface area contributed by atoms with Gasteiger partial charge in [0.2, 0.25) is 11.8 Å². The third-order valence-electron chi connectivity index (χ3n) is 3.93. The highest BCUT2D eigenvalue weighted by Gasteiger charge is 2.07. The van der Waals surface area contributed by atoms with Crippen molar-refractivity contribution in [3.05, 3.63) is 60.8 Å². The summed E-state index contributed by atoms with van der Waals surface area (Å²) in [5.41, 5.74) is 2.93. The average Bonchev–Trinajstić information content (AvgIpc) is 3.17. The first-order chi connectivity index (χ1) is 13.1. The molecule has 138 valence electrons. The van der Waals surface area contributed by atoms with Gasteiger partial charge in [-0.25, -0.2) is 4.98 Å². The van der Waals surface area contributed by atoms with Crippen LogP contribution in [0.25, 0.3) is 21.0 Å². The van der Waals surface area contributed by atoms with Crippen LogP contribution in [-0.2, 0) is 9.59 Å². The SMILES string of the molecule is CC(=O)NCCCC(=O)Nc1ccc(-c2ncc(-c3ccccc3)s2)cc1. The molecule has 0 radical (unpaired) electrons. The maximum Gasteiger partial charge on any atom is 0.224 e. The van der Waals surface area contributed by atoms with Gasteiger partial charge in [-0.2, -0.15) is 0 Å². The Kier molecular flexibility index (Phi) is 6.33. The zero-order valence-electron chi connectivity index (χ0n) is 15.1. The molecule has 0 spiro atoms. The highest BCUT2D eigenvalue weighted by atomic mass is 32.1. The molecule has 3 rings (SSSR count). The number of benzene rings is 2. The monoisotopic (exact) mass is 379 g/mol. The molecule has 0 bridgehead atoms. The van der Waals surface area contributed by atoms with Gasteiger partial charge in [-0.1, -0.05) is 30.3 Å². The molecule has 5 nitrogen and oxygen atoms in total. The zero-order valence-corrected chi connectivity index (χ0v) is 15.9. The second kappa shape index (κ2) is 9.09. The molecule has 0 fully saturated rings. The fourth-order valence-electron chi connectivity index (χ4n) is 2.58. The molecule has 1 aromatic heterocycles. The van der Waals surface area contributed by atoms with Gasteiger partial charge in [0.25, 0.3) is 0 Å². The first-order valence-corrected chi connectivity index (χ1v) is 9.59. The molecule has 2 N–H and O–H groups in total. The number of aromatic nitrogens is 1. The van der Waals surface area contributed by atoms with Gasteiger partial charge >= 0.3 is 0 Å². The summed E-state index contributed by atoms with van der Waals surface area (Å²) in [6.07, 6.45) is 2.87. The molecule has 27 heavy (non-hydrogen) atoms. The van der Waals surface area contributed by atoms with Crippen molar-refractivity contribution in [2.24, 2.45) is 0 Å². The second-order valence-electron chi connectivity index (χ2n) is 6.11.